The number of nitrogens with zero attached hydrogens (tertiary/aromatic N) is 1. The Morgan fingerprint density at radius 1 is 1.45 bits per heavy atom. The van der Waals surface area contributed by atoms with Crippen molar-refractivity contribution in [2.24, 2.45) is 0 Å². The lowest BCUT2D eigenvalue weighted by molar-refractivity contribution is -0.153. The van der Waals surface area contributed by atoms with Crippen molar-refractivity contribution in [2.45, 2.75) is 45.6 Å². The number of ether oxygens (including phenoxy) is 1. The predicted octanol–water partition coefficient (Wildman–Crippen LogP) is 3.68. The normalized spacial score (nSPS) is 15.6. The lowest BCUT2D eigenvalue weighted by Crippen LogP contribution is -2.18. The molecule has 2 aromatic heterocycles. The molecule has 0 aliphatic heterocycles. The van der Waals surface area contributed by atoms with Gasteiger partial charge in [0.25, 0.3) is 0 Å². The molecular formula is C16H18INO3S. The van der Waals surface area contributed by atoms with Gasteiger partial charge in [0.1, 0.15) is 4.83 Å². The molecule has 1 aliphatic carbocycles. The number of esters is 1. The Morgan fingerprint density at radius 2 is 2.18 bits per heavy atom. The van der Waals surface area contributed by atoms with Crippen LogP contribution >= 0.6 is 33.9 Å². The third-order valence-corrected chi connectivity index (χ3v) is 6.36. The van der Waals surface area contributed by atoms with Crippen molar-refractivity contribution in [1.29, 1.82) is 0 Å². The number of aryl methyl sites for hydroxylation is 3. The van der Waals surface area contributed by atoms with Crippen molar-refractivity contribution in [3.63, 3.8) is 0 Å². The van der Waals surface area contributed by atoms with Crippen LogP contribution in [0.5, 0.6) is 0 Å². The van der Waals surface area contributed by atoms with Crippen molar-refractivity contribution in [2.75, 3.05) is 6.61 Å². The SMILES string of the molecule is CCOC(=O)C(O)c1c(C)nc2sc3c(c2c1I)CCCC3. The summed E-state index contributed by atoms with van der Waals surface area (Å²) >= 11 is 4.00. The van der Waals surface area contributed by atoms with Crippen LogP contribution in [0.25, 0.3) is 10.2 Å². The van der Waals surface area contributed by atoms with Gasteiger partial charge < -0.3 is 9.84 Å². The summed E-state index contributed by atoms with van der Waals surface area (Å²) in [5, 5.41) is 11.5. The number of carbonyl (C=O) groups is 1. The fraction of sp³-hybridized carbons (Fsp3) is 0.500. The molecule has 2 heterocycles. The molecule has 1 unspecified atom stereocenters. The number of thiophene rings is 1. The van der Waals surface area contributed by atoms with Crippen LogP contribution in [0.2, 0.25) is 0 Å². The first-order valence-electron chi connectivity index (χ1n) is 7.49. The highest BCUT2D eigenvalue weighted by Gasteiger charge is 2.28. The Kier molecular flexibility index (Phi) is 4.70. The third kappa shape index (κ3) is 2.65. The van der Waals surface area contributed by atoms with E-state index >= 15 is 0 Å². The molecule has 0 saturated heterocycles. The smallest absolute Gasteiger partial charge is 0.339 e. The number of carbonyl (C=O) groups excluding carboxylic acids is 1. The van der Waals surface area contributed by atoms with Gasteiger partial charge in [-0.3, -0.25) is 0 Å². The second-order valence-electron chi connectivity index (χ2n) is 5.47. The lowest BCUT2D eigenvalue weighted by Gasteiger charge is -2.16. The molecule has 1 atom stereocenters. The zero-order valence-electron chi connectivity index (χ0n) is 12.6. The zero-order chi connectivity index (χ0) is 15.9. The van der Waals surface area contributed by atoms with E-state index in [1.807, 2.05) is 6.92 Å². The molecule has 0 fully saturated rings. The van der Waals surface area contributed by atoms with Crippen LogP contribution in [0.4, 0.5) is 0 Å². The number of pyridine rings is 1. The van der Waals surface area contributed by atoms with Crippen molar-refractivity contribution >= 4 is 50.1 Å². The molecule has 0 spiro atoms. The van der Waals surface area contributed by atoms with Gasteiger partial charge in [-0.15, -0.1) is 11.3 Å². The summed E-state index contributed by atoms with van der Waals surface area (Å²) in [4.78, 5) is 19.0. The number of hydrogen-bond donors (Lipinski definition) is 1. The van der Waals surface area contributed by atoms with Gasteiger partial charge in [-0.1, -0.05) is 0 Å². The van der Waals surface area contributed by atoms with Crippen LogP contribution in [-0.4, -0.2) is 22.7 Å². The van der Waals surface area contributed by atoms with Crippen LogP contribution in [0.3, 0.4) is 0 Å². The predicted molar refractivity (Wildman–Crippen MR) is 95.3 cm³/mol. The van der Waals surface area contributed by atoms with Crippen LogP contribution in [-0.2, 0) is 22.4 Å². The molecule has 0 amide bonds. The summed E-state index contributed by atoms with van der Waals surface area (Å²) in [5.74, 6) is -0.603. The third-order valence-electron chi connectivity index (χ3n) is 4.05. The van der Waals surface area contributed by atoms with Crippen molar-refractivity contribution in [3.8, 4) is 0 Å². The van der Waals surface area contributed by atoms with Gasteiger partial charge in [-0.25, -0.2) is 9.78 Å². The van der Waals surface area contributed by atoms with E-state index in [4.69, 9.17) is 4.74 Å². The second kappa shape index (κ2) is 6.41. The summed E-state index contributed by atoms with van der Waals surface area (Å²) < 4.78 is 5.90. The minimum absolute atomic E-state index is 0.259. The summed E-state index contributed by atoms with van der Waals surface area (Å²) in [6.07, 6.45) is 3.33. The molecule has 2 aromatic rings. The van der Waals surface area contributed by atoms with E-state index in [0.29, 0.717) is 11.3 Å². The zero-order valence-corrected chi connectivity index (χ0v) is 15.6. The minimum atomic E-state index is -1.26. The topological polar surface area (TPSA) is 59.4 Å². The number of hydrogen-bond acceptors (Lipinski definition) is 5. The molecule has 4 nitrogen and oxygen atoms in total. The van der Waals surface area contributed by atoms with Gasteiger partial charge in [0, 0.05) is 25.1 Å². The van der Waals surface area contributed by atoms with E-state index in [1.165, 1.54) is 23.3 Å². The molecule has 6 heteroatoms. The highest BCUT2D eigenvalue weighted by Crippen LogP contribution is 2.40. The first kappa shape index (κ1) is 16.1. The first-order valence-corrected chi connectivity index (χ1v) is 9.39. The molecule has 1 N–H and O–H groups in total. The first-order chi connectivity index (χ1) is 10.5. The van der Waals surface area contributed by atoms with Gasteiger partial charge in [0.05, 0.1) is 6.61 Å². The maximum atomic E-state index is 11.9. The average Bonchev–Trinajstić information content (AvgIpc) is 2.85. The molecule has 1 aliphatic rings. The van der Waals surface area contributed by atoms with Crippen LogP contribution in [0, 0.1) is 10.5 Å². The number of aliphatic hydroxyl groups is 1. The van der Waals surface area contributed by atoms with E-state index in [0.717, 1.165) is 26.6 Å². The summed E-state index contributed by atoms with van der Waals surface area (Å²) in [7, 11) is 0. The number of fused-ring (bicyclic) bond motifs is 3. The van der Waals surface area contributed by atoms with E-state index in [2.05, 4.69) is 27.6 Å². The van der Waals surface area contributed by atoms with Gasteiger partial charge >= 0.3 is 5.97 Å². The van der Waals surface area contributed by atoms with Crippen LogP contribution in [0.1, 0.15) is 47.6 Å². The number of aromatic nitrogens is 1. The van der Waals surface area contributed by atoms with E-state index in [-0.39, 0.29) is 6.61 Å². The maximum Gasteiger partial charge on any atom is 0.339 e. The second-order valence-corrected chi connectivity index (χ2v) is 7.63. The van der Waals surface area contributed by atoms with Gasteiger partial charge in [0.15, 0.2) is 6.10 Å². The fourth-order valence-electron chi connectivity index (χ4n) is 3.02. The Hall–Kier alpha value is -0.730. The molecule has 0 radical (unpaired) electrons. The highest BCUT2D eigenvalue weighted by molar-refractivity contribution is 14.1. The Bertz CT molecular complexity index is 741. The number of halogens is 1. The Balaban J connectivity index is 2.17. The van der Waals surface area contributed by atoms with Gasteiger partial charge in [-0.05, 0) is 67.7 Å². The molecule has 0 aromatic carbocycles. The summed E-state index contributed by atoms with van der Waals surface area (Å²) in [5.41, 5.74) is 2.66. The van der Waals surface area contributed by atoms with Crippen molar-refractivity contribution < 1.29 is 14.6 Å². The number of rotatable bonds is 3. The molecule has 0 bridgehead atoms. The van der Waals surface area contributed by atoms with Gasteiger partial charge in [0.2, 0.25) is 0 Å². The molecule has 3 rings (SSSR count). The van der Waals surface area contributed by atoms with E-state index in [9.17, 15) is 9.90 Å². The van der Waals surface area contributed by atoms with E-state index in [1.54, 1.807) is 18.3 Å². The van der Waals surface area contributed by atoms with Gasteiger partial charge in [-0.2, -0.15) is 0 Å². The van der Waals surface area contributed by atoms with Crippen LogP contribution < -0.4 is 0 Å². The fourth-order valence-corrected chi connectivity index (χ4v) is 5.79. The minimum Gasteiger partial charge on any atom is -0.464 e. The molecule has 22 heavy (non-hydrogen) atoms. The van der Waals surface area contributed by atoms with Crippen LogP contribution in [0.15, 0.2) is 0 Å². The lowest BCUT2D eigenvalue weighted by atomic mass is 9.95. The molecule has 0 saturated carbocycles. The quantitative estimate of drug-likeness (QED) is 0.595. The molecular weight excluding hydrogens is 413 g/mol. The van der Waals surface area contributed by atoms with Crippen molar-refractivity contribution in [1.82, 2.24) is 4.98 Å². The number of aliphatic hydroxyl groups excluding tert-OH is 1. The summed E-state index contributed by atoms with van der Waals surface area (Å²) in [6, 6.07) is 0. The molecule has 118 valence electrons. The standard InChI is InChI=1S/C16H18INO3S/c1-3-21-16(20)14(19)11-8(2)18-15-12(13(11)17)9-6-4-5-7-10(9)22-15/h14,19H,3-7H2,1-2H3. The van der Waals surface area contributed by atoms with Crippen molar-refractivity contribution in [3.05, 3.63) is 25.3 Å². The maximum absolute atomic E-state index is 11.9. The van der Waals surface area contributed by atoms with E-state index < -0.39 is 12.1 Å². The summed E-state index contributed by atoms with van der Waals surface area (Å²) in [6.45, 7) is 3.84. The Morgan fingerprint density at radius 3 is 2.91 bits per heavy atom. The Labute approximate surface area is 147 Å². The monoisotopic (exact) mass is 431 g/mol. The largest absolute Gasteiger partial charge is 0.464 e. The highest BCUT2D eigenvalue weighted by atomic mass is 127. The average molecular weight is 431 g/mol.